The molecule has 0 unspecified atom stereocenters. The fraction of sp³-hybridized carbons (Fsp3) is 0.571. The van der Waals surface area contributed by atoms with Gasteiger partial charge in [0.25, 0.3) is 0 Å². The zero-order chi connectivity index (χ0) is 11.7. The van der Waals surface area contributed by atoms with Gasteiger partial charge >= 0.3 is 0 Å². The van der Waals surface area contributed by atoms with Crippen LogP contribution in [0.1, 0.15) is 36.4 Å². The van der Waals surface area contributed by atoms with Gasteiger partial charge in [-0.2, -0.15) is 0 Å². The first-order valence-electron chi connectivity index (χ1n) is 6.58. The molecule has 1 saturated heterocycles. The van der Waals surface area contributed by atoms with Crippen LogP contribution in [-0.4, -0.2) is 24.5 Å². The molecule has 2 aliphatic heterocycles. The Morgan fingerprint density at radius 2 is 2.00 bits per heavy atom. The molecular weight excluding hydrogens is 215 g/mol. The molecule has 1 aromatic carbocycles. The van der Waals surface area contributed by atoms with Crippen molar-refractivity contribution in [2.75, 3.05) is 19.6 Å². The molecule has 92 valence electrons. The molecule has 1 fully saturated rings. The van der Waals surface area contributed by atoms with Crippen molar-refractivity contribution in [1.82, 2.24) is 10.2 Å². The number of benzene rings is 1. The third-order valence-electron chi connectivity index (χ3n) is 3.95. The summed E-state index contributed by atoms with van der Waals surface area (Å²) in [5, 5.41) is 3.44. The third kappa shape index (κ3) is 2.22. The standard InChI is InChI=1S/C14H19FN2/c15-12-5-4-11-9-16-10-14(13(11)8-12)17-6-2-1-3-7-17/h4-5,8,14,16H,1-3,6-7,9-10H2/t14-/m1/s1. The van der Waals surface area contributed by atoms with E-state index in [-0.39, 0.29) is 5.82 Å². The minimum atomic E-state index is -0.104. The summed E-state index contributed by atoms with van der Waals surface area (Å²) in [6.07, 6.45) is 3.90. The van der Waals surface area contributed by atoms with E-state index in [0.717, 1.165) is 26.2 Å². The van der Waals surface area contributed by atoms with Crippen LogP contribution in [0.15, 0.2) is 18.2 Å². The Bertz CT molecular complexity index is 399. The molecule has 0 amide bonds. The number of piperidine rings is 1. The second-order valence-electron chi connectivity index (χ2n) is 5.09. The number of likely N-dealkylation sites (tertiary alicyclic amines) is 1. The highest BCUT2D eigenvalue weighted by molar-refractivity contribution is 5.33. The molecule has 0 spiro atoms. The predicted molar refractivity (Wildman–Crippen MR) is 66.3 cm³/mol. The monoisotopic (exact) mass is 234 g/mol. The molecule has 3 rings (SSSR count). The zero-order valence-corrected chi connectivity index (χ0v) is 10.1. The summed E-state index contributed by atoms with van der Waals surface area (Å²) in [6, 6.07) is 5.59. The Labute approximate surface area is 102 Å². The van der Waals surface area contributed by atoms with Crippen molar-refractivity contribution < 1.29 is 4.39 Å². The van der Waals surface area contributed by atoms with Crippen LogP contribution >= 0.6 is 0 Å². The fourth-order valence-corrected chi connectivity index (χ4v) is 3.05. The maximum absolute atomic E-state index is 13.4. The van der Waals surface area contributed by atoms with Crippen LogP contribution in [0.25, 0.3) is 0 Å². The van der Waals surface area contributed by atoms with Crippen molar-refractivity contribution in [3.8, 4) is 0 Å². The minimum absolute atomic E-state index is 0.104. The summed E-state index contributed by atoms with van der Waals surface area (Å²) in [7, 11) is 0. The van der Waals surface area contributed by atoms with Crippen molar-refractivity contribution in [3.05, 3.63) is 35.1 Å². The Morgan fingerprint density at radius 3 is 2.82 bits per heavy atom. The van der Waals surface area contributed by atoms with E-state index < -0.39 is 0 Å². The number of rotatable bonds is 1. The number of nitrogens with one attached hydrogen (secondary N) is 1. The molecule has 0 aromatic heterocycles. The van der Waals surface area contributed by atoms with Gasteiger partial charge in [-0.3, -0.25) is 4.90 Å². The highest BCUT2D eigenvalue weighted by atomic mass is 19.1. The maximum atomic E-state index is 13.4. The normalized spacial score (nSPS) is 25.6. The lowest BCUT2D eigenvalue weighted by Gasteiger charge is -2.38. The summed E-state index contributed by atoms with van der Waals surface area (Å²) < 4.78 is 13.4. The number of fused-ring (bicyclic) bond motifs is 1. The number of hydrogen-bond acceptors (Lipinski definition) is 2. The molecule has 17 heavy (non-hydrogen) atoms. The molecule has 0 aliphatic carbocycles. The van der Waals surface area contributed by atoms with Crippen LogP contribution in [0.4, 0.5) is 4.39 Å². The first kappa shape index (κ1) is 11.2. The third-order valence-corrected chi connectivity index (χ3v) is 3.95. The van der Waals surface area contributed by atoms with Gasteiger partial charge in [0.05, 0.1) is 0 Å². The van der Waals surface area contributed by atoms with Gasteiger partial charge < -0.3 is 5.32 Å². The first-order chi connectivity index (χ1) is 8.34. The summed E-state index contributed by atoms with van der Waals surface area (Å²) in [6.45, 7) is 4.14. The zero-order valence-electron chi connectivity index (χ0n) is 10.1. The quantitative estimate of drug-likeness (QED) is 0.803. The molecule has 2 heterocycles. The van der Waals surface area contributed by atoms with Crippen LogP contribution in [0.5, 0.6) is 0 Å². The number of nitrogens with zero attached hydrogens (tertiary/aromatic N) is 1. The van der Waals surface area contributed by atoms with Crippen LogP contribution in [0.2, 0.25) is 0 Å². The smallest absolute Gasteiger partial charge is 0.123 e. The van der Waals surface area contributed by atoms with Gasteiger partial charge in [-0.25, -0.2) is 4.39 Å². The lowest BCUT2D eigenvalue weighted by molar-refractivity contribution is 0.154. The molecule has 0 radical (unpaired) electrons. The van der Waals surface area contributed by atoms with Crippen molar-refractivity contribution in [2.45, 2.75) is 31.8 Å². The summed E-state index contributed by atoms with van der Waals surface area (Å²) in [4.78, 5) is 2.51. The maximum Gasteiger partial charge on any atom is 0.123 e. The van der Waals surface area contributed by atoms with Gasteiger partial charge in [0, 0.05) is 19.1 Å². The molecule has 2 aliphatic rings. The molecule has 1 N–H and O–H groups in total. The van der Waals surface area contributed by atoms with E-state index in [4.69, 9.17) is 0 Å². The Kier molecular flexibility index (Phi) is 3.12. The lowest BCUT2D eigenvalue weighted by atomic mass is 9.94. The fourth-order valence-electron chi connectivity index (χ4n) is 3.05. The largest absolute Gasteiger partial charge is 0.311 e. The number of hydrogen-bond donors (Lipinski definition) is 1. The highest BCUT2D eigenvalue weighted by Crippen LogP contribution is 2.29. The lowest BCUT2D eigenvalue weighted by Crippen LogP contribution is -2.42. The van der Waals surface area contributed by atoms with Crippen LogP contribution in [-0.2, 0) is 6.54 Å². The Balaban J connectivity index is 1.89. The topological polar surface area (TPSA) is 15.3 Å². The minimum Gasteiger partial charge on any atom is -0.311 e. The first-order valence-corrected chi connectivity index (χ1v) is 6.58. The average molecular weight is 234 g/mol. The molecule has 1 aromatic rings. The van der Waals surface area contributed by atoms with E-state index in [1.54, 1.807) is 12.1 Å². The second kappa shape index (κ2) is 4.75. The average Bonchev–Trinajstić information content (AvgIpc) is 2.39. The van der Waals surface area contributed by atoms with E-state index >= 15 is 0 Å². The molecule has 0 bridgehead atoms. The summed E-state index contributed by atoms with van der Waals surface area (Å²) in [5.41, 5.74) is 2.46. The molecule has 2 nitrogen and oxygen atoms in total. The van der Waals surface area contributed by atoms with E-state index in [9.17, 15) is 4.39 Å². The van der Waals surface area contributed by atoms with Gasteiger partial charge in [-0.15, -0.1) is 0 Å². The SMILES string of the molecule is Fc1ccc2c(c1)[C@H](N1CCCCC1)CNC2. The van der Waals surface area contributed by atoms with Crippen molar-refractivity contribution in [2.24, 2.45) is 0 Å². The van der Waals surface area contributed by atoms with Crippen LogP contribution in [0, 0.1) is 5.82 Å². The molecule has 3 heteroatoms. The second-order valence-corrected chi connectivity index (χ2v) is 5.09. The van der Waals surface area contributed by atoms with Crippen LogP contribution < -0.4 is 5.32 Å². The van der Waals surface area contributed by atoms with Crippen molar-refractivity contribution in [1.29, 1.82) is 0 Å². The van der Waals surface area contributed by atoms with Gasteiger partial charge in [-0.1, -0.05) is 12.5 Å². The van der Waals surface area contributed by atoms with Crippen LogP contribution in [0.3, 0.4) is 0 Å². The van der Waals surface area contributed by atoms with Gasteiger partial charge in [0.15, 0.2) is 0 Å². The number of halogens is 1. The molecule has 0 saturated carbocycles. The van der Waals surface area contributed by atoms with Gasteiger partial charge in [-0.05, 0) is 49.2 Å². The highest BCUT2D eigenvalue weighted by Gasteiger charge is 2.26. The van der Waals surface area contributed by atoms with E-state index in [1.165, 1.54) is 30.4 Å². The van der Waals surface area contributed by atoms with Gasteiger partial charge in [0.2, 0.25) is 0 Å². The van der Waals surface area contributed by atoms with E-state index in [1.807, 2.05) is 6.07 Å². The van der Waals surface area contributed by atoms with Crippen molar-refractivity contribution in [3.63, 3.8) is 0 Å². The van der Waals surface area contributed by atoms with E-state index in [0.29, 0.717) is 6.04 Å². The Hall–Kier alpha value is -0.930. The Morgan fingerprint density at radius 1 is 1.18 bits per heavy atom. The van der Waals surface area contributed by atoms with Gasteiger partial charge in [0.1, 0.15) is 5.82 Å². The summed E-state index contributed by atoms with van der Waals surface area (Å²) >= 11 is 0. The van der Waals surface area contributed by atoms with Crippen molar-refractivity contribution >= 4 is 0 Å². The molecular formula is C14H19FN2. The molecule has 1 atom stereocenters. The predicted octanol–water partition coefficient (Wildman–Crippen LogP) is 2.46. The summed E-state index contributed by atoms with van der Waals surface area (Å²) in [5.74, 6) is -0.104. The van der Waals surface area contributed by atoms with E-state index in [2.05, 4.69) is 10.2 Å².